The van der Waals surface area contributed by atoms with E-state index in [4.69, 9.17) is 0 Å². The number of thioether (sulfide) groups is 1. The van der Waals surface area contributed by atoms with Crippen molar-refractivity contribution in [2.24, 2.45) is 0 Å². The predicted octanol–water partition coefficient (Wildman–Crippen LogP) is 3.09. The molecular formula is C12H18N2S. The second kappa shape index (κ2) is 4.88. The van der Waals surface area contributed by atoms with Crippen LogP contribution in [-0.2, 0) is 0 Å². The Balaban J connectivity index is 1.90. The van der Waals surface area contributed by atoms with Gasteiger partial charge in [0.2, 0.25) is 0 Å². The number of aromatic nitrogens is 1. The molecule has 82 valence electrons. The first kappa shape index (κ1) is 10.8. The number of pyridine rings is 1. The minimum Gasteiger partial charge on any atom is -0.367 e. The summed E-state index contributed by atoms with van der Waals surface area (Å²) in [6.45, 7) is 2.07. The van der Waals surface area contributed by atoms with Gasteiger partial charge in [0.15, 0.2) is 0 Å². The molecule has 15 heavy (non-hydrogen) atoms. The highest BCUT2D eigenvalue weighted by molar-refractivity contribution is 7.99. The number of hydrogen-bond acceptors (Lipinski definition) is 3. The van der Waals surface area contributed by atoms with Crippen molar-refractivity contribution in [3.05, 3.63) is 23.9 Å². The van der Waals surface area contributed by atoms with E-state index >= 15 is 0 Å². The Morgan fingerprint density at radius 2 is 2.27 bits per heavy atom. The lowest BCUT2D eigenvalue weighted by atomic mass is 10.2. The maximum atomic E-state index is 4.37. The van der Waals surface area contributed by atoms with Crippen LogP contribution in [0.1, 0.15) is 24.8 Å². The van der Waals surface area contributed by atoms with Crippen molar-refractivity contribution in [1.29, 1.82) is 0 Å². The van der Waals surface area contributed by atoms with Gasteiger partial charge in [-0.25, -0.2) is 4.98 Å². The highest BCUT2D eigenvalue weighted by atomic mass is 32.2. The standard InChI is InChI=1S/C12H18N2S/c1-9-3-6-12(13-8-9)14-10-4-5-11(7-10)15-2/h3,6,8,10-11H,4-5,7H2,1-2H3,(H,13,14). The summed E-state index contributed by atoms with van der Waals surface area (Å²) in [5.74, 6) is 1.02. The molecule has 1 aliphatic rings. The van der Waals surface area contributed by atoms with Crippen molar-refractivity contribution < 1.29 is 0 Å². The van der Waals surface area contributed by atoms with E-state index in [1.807, 2.05) is 18.0 Å². The van der Waals surface area contributed by atoms with Gasteiger partial charge in [-0.2, -0.15) is 11.8 Å². The molecule has 1 aliphatic carbocycles. The highest BCUT2D eigenvalue weighted by Crippen LogP contribution is 2.29. The third-order valence-corrected chi connectivity index (χ3v) is 4.08. The zero-order valence-electron chi connectivity index (χ0n) is 9.36. The highest BCUT2D eigenvalue weighted by Gasteiger charge is 2.23. The molecule has 0 radical (unpaired) electrons. The summed E-state index contributed by atoms with van der Waals surface area (Å²) < 4.78 is 0. The molecule has 0 bridgehead atoms. The molecular weight excluding hydrogens is 204 g/mol. The Morgan fingerprint density at radius 1 is 1.40 bits per heavy atom. The van der Waals surface area contributed by atoms with Crippen molar-refractivity contribution in [3.63, 3.8) is 0 Å². The van der Waals surface area contributed by atoms with Crippen LogP contribution in [-0.4, -0.2) is 22.5 Å². The maximum absolute atomic E-state index is 4.37. The monoisotopic (exact) mass is 222 g/mol. The Hall–Kier alpha value is -0.700. The van der Waals surface area contributed by atoms with Crippen molar-refractivity contribution in [2.45, 2.75) is 37.5 Å². The predicted molar refractivity (Wildman–Crippen MR) is 67.5 cm³/mol. The Morgan fingerprint density at radius 3 is 2.87 bits per heavy atom. The van der Waals surface area contributed by atoms with E-state index < -0.39 is 0 Å². The average molecular weight is 222 g/mol. The largest absolute Gasteiger partial charge is 0.367 e. The molecule has 0 amide bonds. The van der Waals surface area contributed by atoms with E-state index in [1.54, 1.807) is 0 Å². The minimum atomic E-state index is 0.623. The van der Waals surface area contributed by atoms with Crippen LogP contribution in [0.5, 0.6) is 0 Å². The molecule has 3 heteroatoms. The van der Waals surface area contributed by atoms with Crippen molar-refractivity contribution in [1.82, 2.24) is 4.98 Å². The molecule has 2 unspecified atom stereocenters. The van der Waals surface area contributed by atoms with E-state index in [1.165, 1.54) is 24.8 Å². The molecule has 1 aromatic rings. The molecule has 1 saturated carbocycles. The fourth-order valence-electron chi connectivity index (χ4n) is 2.05. The zero-order valence-corrected chi connectivity index (χ0v) is 10.2. The van der Waals surface area contributed by atoms with Gasteiger partial charge >= 0.3 is 0 Å². The normalized spacial score (nSPS) is 25.5. The van der Waals surface area contributed by atoms with E-state index in [9.17, 15) is 0 Å². The molecule has 0 saturated heterocycles. The van der Waals surface area contributed by atoms with Gasteiger partial charge in [-0.1, -0.05) is 6.07 Å². The summed E-state index contributed by atoms with van der Waals surface area (Å²) in [5, 5.41) is 4.35. The molecule has 0 spiro atoms. The van der Waals surface area contributed by atoms with E-state index in [0.717, 1.165) is 11.1 Å². The molecule has 2 nitrogen and oxygen atoms in total. The molecule has 0 aliphatic heterocycles. The second-order valence-corrected chi connectivity index (χ2v) is 5.37. The first-order chi connectivity index (χ1) is 7.28. The van der Waals surface area contributed by atoms with E-state index in [-0.39, 0.29) is 0 Å². The van der Waals surface area contributed by atoms with Gasteiger partial charge in [0.25, 0.3) is 0 Å². The van der Waals surface area contributed by atoms with E-state index in [2.05, 4.69) is 35.6 Å². The maximum Gasteiger partial charge on any atom is 0.126 e. The van der Waals surface area contributed by atoms with Gasteiger partial charge in [-0.3, -0.25) is 0 Å². The summed E-state index contributed by atoms with van der Waals surface area (Å²) in [6.07, 6.45) is 8.02. The van der Waals surface area contributed by atoms with Gasteiger partial charge in [-0.15, -0.1) is 0 Å². The fraction of sp³-hybridized carbons (Fsp3) is 0.583. The topological polar surface area (TPSA) is 24.9 Å². The van der Waals surface area contributed by atoms with Crippen LogP contribution in [0, 0.1) is 6.92 Å². The lowest BCUT2D eigenvalue weighted by molar-refractivity contribution is 0.752. The molecule has 1 heterocycles. The van der Waals surface area contributed by atoms with Gasteiger partial charge < -0.3 is 5.32 Å². The summed E-state index contributed by atoms with van der Waals surface area (Å²) in [7, 11) is 0. The second-order valence-electron chi connectivity index (χ2n) is 4.23. The Kier molecular flexibility index (Phi) is 3.52. The summed E-state index contributed by atoms with van der Waals surface area (Å²) in [4.78, 5) is 4.37. The third-order valence-electron chi connectivity index (χ3n) is 2.98. The number of anilines is 1. The third kappa shape index (κ3) is 2.88. The smallest absolute Gasteiger partial charge is 0.126 e. The van der Waals surface area contributed by atoms with Crippen LogP contribution < -0.4 is 5.32 Å². The Bertz CT molecular complexity index is 310. The van der Waals surface area contributed by atoms with Crippen LogP contribution in [0.15, 0.2) is 18.3 Å². The quantitative estimate of drug-likeness (QED) is 0.850. The van der Waals surface area contributed by atoms with Crippen LogP contribution in [0.25, 0.3) is 0 Å². The van der Waals surface area contributed by atoms with Crippen LogP contribution in [0.4, 0.5) is 5.82 Å². The van der Waals surface area contributed by atoms with Crippen LogP contribution in [0.2, 0.25) is 0 Å². The lowest BCUT2D eigenvalue weighted by Crippen LogP contribution is -2.16. The SMILES string of the molecule is CSC1CCC(Nc2ccc(C)cn2)C1. The summed E-state index contributed by atoms with van der Waals surface area (Å²) in [6, 6.07) is 4.80. The summed E-state index contributed by atoms with van der Waals surface area (Å²) >= 11 is 1.99. The van der Waals surface area contributed by atoms with E-state index in [0.29, 0.717) is 6.04 Å². The summed E-state index contributed by atoms with van der Waals surface area (Å²) in [5.41, 5.74) is 1.22. The minimum absolute atomic E-state index is 0.623. The molecule has 2 atom stereocenters. The number of aryl methyl sites for hydroxylation is 1. The van der Waals surface area contributed by atoms with Crippen molar-refractivity contribution in [3.8, 4) is 0 Å². The van der Waals surface area contributed by atoms with Crippen molar-refractivity contribution in [2.75, 3.05) is 11.6 Å². The molecule has 0 aromatic carbocycles. The molecule has 1 aromatic heterocycles. The van der Waals surface area contributed by atoms with Gasteiger partial charge in [0, 0.05) is 17.5 Å². The van der Waals surface area contributed by atoms with Crippen LogP contribution >= 0.6 is 11.8 Å². The number of nitrogens with one attached hydrogen (secondary N) is 1. The number of nitrogens with zero attached hydrogens (tertiary/aromatic N) is 1. The van der Waals surface area contributed by atoms with Gasteiger partial charge in [0.1, 0.15) is 5.82 Å². The average Bonchev–Trinajstić information content (AvgIpc) is 2.69. The zero-order chi connectivity index (χ0) is 10.7. The lowest BCUT2D eigenvalue weighted by Gasteiger charge is -2.13. The first-order valence-electron chi connectivity index (χ1n) is 5.50. The molecule has 1 fully saturated rings. The number of hydrogen-bond donors (Lipinski definition) is 1. The Labute approximate surface area is 95.9 Å². The van der Waals surface area contributed by atoms with Gasteiger partial charge in [0.05, 0.1) is 0 Å². The molecule has 2 rings (SSSR count). The fourth-order valence-corrected chi connectivity index (χ4v) is 2.84. The molecule has 1 N–H and O–H groups in total. The van der Waals surface area contributed by atoms with Crippen molar-refractivity contribution >= 4 is 17.6 Å². The van der Waals surface area contributed by atoms with Gasteiger partial charge in [-0.05, 0) is 44.1 Å². The number of rotatable bonds is 3. The van der Waals surface area contributed by atoms with Crippen LogP contribution in [0.3, 0.4) is 0 Å². The first-order valence-corrected chi connectivity index (χ1v) is 6.78.